The molecule has 1 N–H and O–H groups in total. The summed E-state index contributed by atoms with van der Waals surface area (Å²) in [6, 6.07) is 8.54. The first-order chi connectivity index (χ1) is 14.0. The van der Waals surface area contributed by atoms with Gasteiger partial charge in [-0.2, -0.15) is 0 Å². The third kappa shape index (κ3) is 4.05. The van der Waals surface area contributed by atoms with Crippen LogP contribution in [0.4, 0.5) is 0 Å². The van der Waals surface area contributed by atoms with E-state index >= 15 is 0 Å². The van der Waals surface area contributed by atoms with Gasteiger partial charge in [0.05, 0.1) is 11.8 Å². The van der Waals surface area contributed by atoms with E-state index in [-0.39, 0.29) is 16.7 Å². The Bertz CT molecular complexity index is 981. The Morgan fingerprint density at radius 2 is 1.90 bits per heavy atom. The minimum Gasteiger partial charge on any atom is -0.507 e. The van der Waals surface area contributed by atoms with Crippen LogP contribution in [0.15, 0.2) is 46.6 Å². The molecular weight excluding hydrogens is 380 g/mol. The average Bonchev–Trinajstić information content (AvgIpc) is 3.26. The van der Waals surface area contributed by atoms with E-state index in [1.54, 1.807) is 12.1 Å². The molecule has 1 aliphatic heterocycles. The highest BCUT2D eigenvalue weighted by Gasteiger charge is 2.47. The predicted octanol–water partition coefficient (Wildman–Crippen LogP) is 3.87. The molecule has 3 rings (SSSR count). The monoisotopic (exact) mass is 410 g/mol. The summed E-state index contributed by atoms with van der Waals surface area (Å²) in [6.07, 6.45) is 1.51. The van der Waals surface area contributed by atoms with Crippen molar-refractivity contribution in [3.8, 4) is 0 Å². The van der Waals surface area contributed by atoms with Gasteiger partial charge < -0.3 is 19.3 Å². The number of aliphatic hydroxyl groups is 1. The largest absolute Gasteiger partial charge is 0.507 e. The number of furan rings is 1. The Morgan fingerprint density at radius 1 is 1.20 bits per heavy atom. The number of hydrogen-bond acceptors (Lipinski definition) is 5. The van der Waals surface area contributed by atoms with Crippen molar-refractivity contribution in [1.29, 1.82) is 0 Å². The van der Waals surface area contributed by atoms with Crippen LogP contribution in [0.5, 0.6) is 0 Å². The number of amides is 1. The molecule has 0 aliphatic carbocycles. The number of likely N-dealkylation sites (N-methyl/N-ethyl adjacent to an activating group) is 1. The number of likely N-dealkylation sites (tertiary alicyclic amines) is 1. The van der Waals surface area contributed by atoms with E-state index in [4.69, 9.17) is 4.42 Å². The molecule has 1 saturated heterocycles. The lowest BCUT2D eigenvalue weighted by Gasteiger charge is -2.25. The van der Waals surface area contributed by atoms with Gasteiger partial charge in [0.1, 0.15) is 17.6 Å². The number of carbonyl (C=O) groups excluding carboxylic acids is 2. The number of carbonyl (C=O) groups is 2. The van der Waals surface area contributed by atoms with E-state index in [2.05, 4.69) is 20.8 Å². The standard InChI is InChI=1S/C24H30N2O4/c1-15-9-10-16(24(2,3)4)14-17(15)21(27)19-20(18-8-7-13-30-18)26(12-11-25(5)6)23(29)22(19)28/h7-10,13-14,20,27H,11-12H2,1-6H3/b21-19+. The lowest BCUT2D eigenvalue weighted by atomic mass is 9.84. The van der Waals surface area contributed by atoms with Crippen LogP contribution in [0.2, 0.25) is 0 Å². The van der Waals surface area contributed by atoms with Gasteiger partial charge in [0.25, 0.3) is 11.7 Å². The smallest absolute Gasteiger partial charge is 0.295 e. The maximum absolute atomic E-state index is 13.0. The number of rotatable bonds is 5. The van der Waals surface area contributed by atoms with Crippen LogP contribution in [0, 0.1) is 6.92 Å². The number of aliphatic hydroxyl groups excluding tert-OH is 1. The van der Waals surface area contributed by atoms with Gasteiger partial charge in [-0.3, -0.25) is 9.59 Å². The molecule has 2 aromatic rings. The highest BCUT2D eigenvalue weighted by atomic mass is 16.3. The highest BCUT2D eigenvalue weighted by molar-refractivity contribution is 6.46. The fraction of sp³-hybridized carbons (Fsp3) is 0.417. The van der Waals surface area contributed by atoms with Gasteiger partial charge in [-0.25, -0.2) is 0 Å². The van der Waals surface area contributed by atoms with E-state index in [0.717, 1.165) is 11.1 Å². The Hall–Kier alpha value is -2.86. The van der Waals surface area contributed by atoms with Crippen molar-refractivity contribution in [1.82, 2.24) is 9.80 Å². The van der Waals surface area contributed by atoms with Gasteiger partial charge in [-0.05, 0) is 55.8 Å². The summed E-state index contributed by atoms with van der Waals surface area (Å²) in [7, 11) is 3.81. The first-order valence-electron chi connectivity index (χ1n) is 10.1. The lowest BCUT2D eigenvalue weighted by molar-refractivity contribution is -0.140. The van der Waals surface area contributed by atoms with Crippen LogP contribution >= 0.6 is 0 Å². The van der Waals surface area contributed by atoms with Crippen LogP contribution in [0.25, 0.3) is 5.76 Å². The predicted molar refractivity (Wildman–Crippen MR) is 116 cm³/mol. The second-order valence-electron chi connectivity index (χ2n) is 9.09. The second kappa shape index (κ2) is 8.11. The molecule has 6 nitrogen and oxygen atoms in total. The van der Waals surface area contributed by atoms with Crippen molar-refractivity contribution in [2.24, 2.45) is 0 Å². The number of aryl methyl sites for hydroxylation is 1. The second-order valence-corrected chi connectivity index (χ2v) is 9.09. The first-order valence-corrected chi connectivity index (χ1v) is 10.1. The maximum Gasteiger partial charge on any atom is 0.295 e. The van der Waals surface area contributed by atoms with Crippen LogP contribution in [-0.4, -0.2) is 53.8 Å². The summed E-state index contributed by atoms with van der Waals surface area (Å²) < 4.78 is 5.57. The minimum atomic E-state index is -0.752. The summed E-state index contributed by atoms with van der Waals surface area (Å²) in [5.74, 6) is -1.01. The number of nitrogens with zero attached hydrogens (tertiary/aromatic N) is 2. The summed E-state index contributed by atoms with van der Waals surface area (Å²) in [5, 5.41) is 11.3. The molecule has 1 fully saturated rings. The number of hydrogen-bond donors (Lipinski definition) is 1. The number of Topliss-reactive ketones (excluding diaryl/α,β-unsaturated/α-hetero) is 1. The van der Waals surface area contributed by atoms with E-state index < -0.39 is 17.7 Å². The van der Waals surface area contributed by atoms with E-state index in [1.807, 2.05) is 44.1 Å². The Balaban J connectivity index is 2.17. The zero-order valence-electron chi connectivity index (χ0n) is 18.5. The summed E-state index contributed by atoms with van der Waals surface area (Å²) in [6.45, 7) is 9.08. The molecule has 0 saturated carbocycles. The van der Waals surface area contributed by atoms with E-state index in [0.29, 0.717) is 24.4 Å². The van der Waals surface area contributed by atoms with Gasteiger partial charge in [0.15, 0.2) is 0 Å². The maximum atomic E-state index is 13.0. The van der Waals surface area contributed by atoms with Crippen LogP contribution < -0.4 is 0 Å². The SMILES string of the molecule is Cc1ccc(C(C)(C)C)cc1/C(O)=C1\C(=O)C(=O)N(CCN(C)C)C1c1ccco1. The van der Waals surface area contributed by atoms with Crippen molar-refractivity contribution in [3.05, 3.63) is 64.6 Å². The van der Waals surface area contributed by atoms with Gasteiger partial charge in [-0.15, -0.1) is 0 Å². The Labute approximate surface area is 177 Å². The fourth-order valence-electron chi connectivity index (χ4n) is 3.65. The molecule has 1 unspecified atom stereocenters. The average molecular weight is 411 g/mol. The molecule has 1 atom stereocenters. The van der Waals surface area contributed by atoms with Gasteiger partial charge in [-0.1, -0.05) is 32.9 Å². The lowest BCUT2D eigenvalue weighted by Crippen LogP contribution is -2.35. The Kier molecular flexibility index (Phi) is 5.90. The quantitative estimate of drug-likeness (QED) is 0.460. The molecule has 1 aromatic heterocycles. The molecule has 0 bridgehead atoms. The third-order valence-electron chi connectivity index (χ3n) is 5.50. The van der Waals surface area contributed by atoms with Crippen LogP contribution in [0.1, 0.15) is 49.3 Å². The fourth-order valence-corrected chi connectivity index (χ4v) is 3.65. The topological polar surface area (TPSA) is 74.0 Å². The molecule has 0 radical (unpaired) electrons. The van der Waals surface area contributed by atoms with E-state index in [9.17, 15) is 14.7 Å². The molecule has 2 heterocycles. The van der Waals surface area contributed by atoms with E-state index in [1.165, 1.54) is 11.2 Å². The molecule has 1 aromatic carbocycles. The molecule has 160 valence electrons. The van der Waals surface area contributed by atoms with Crippen molar-refractivity contribution >= 4 is 17.4 Å². The minimum absolute atomic E-state index is 0.0721. The molecule has 0 spiro atoms. The molecule has 1 aliphatic rings. The first kappa shape index (κ1) is 21.8. The zero-order valence-corrected chi connectivity index (χ0v) is 18.5. The normalized spacial score (nSPS) is 19.2. The van der Waals surface area contributed by atoms with Gasteiger partial charge in [0, 0.05) is 18.7 Å². The molecule has 6 heteroatoms. The third-order valence-corrected chi connectivity index (χ3v) is 5.50. The Morgan fingerprint density at radius 3 is 2.47 bits per heavy atom. The number of benzene rings is 1. The van der Waals surface area contributed by atoms with Crippen LogP contribution in [-0.2, 0) is 15.0 Å². The molecular formula is C24H30N2O4. The van der Waals surface area contributed by atoms with Crippen molar-refractivity contribution < 1.29 is 19.1 Å². The van der Waals surface area contributed by atoms with Gasteiger partial charge >= 0.3 is 0 Å². The zero-order chi connectivity index (χ0) is 22.2. The number of ketones is 1. The molecule has 1 amide bonds. The summed E-state index contributed by atoms with van der Waals surface area (Å²) in [4.78, 5) is 29.3. The van der Waals surface area contributed by atoms with Crippen LogP contribution in [0.3, 0.4) is 0 Å². The van der Waals surface area contributed by atoms with Crippen molar-refractivity contribution in [2.45, 2.75) is 39.2 Å². The van der Waals surface area contributed by atoms with Crippen molar-refractivity contribution in [2.75, 3.05) is 27.2 Å². The van der Waals surface area contributed by atoms with Gasteiger partial charge in [0.2, 0.25) is 0 Å². The summed E-state index contributed by atoms with van der Waals surface area (Å²) in [5.41, 5.74) is 2.37. The summed E-state index contributed by atoms with van der Waals surface area (Å²) >= 11 is 0. The molecule has 30 heavy (non-hydrogen) atoms. The van der Waals surface area contributed by atoms with Crippen molar-refractivity contribution in [3.63, 3.8) is 0 Å². The highest BCUT2D eigenvalue weighted by Crippen LogP contribution is 2.40.